The minimum atomic E-state index is -0.660. The van der Waals surface area contributed by atoms with Crippen LogP contribution in [0, 0.1) is 22.2 Å². The first-order chi connectivity index (χ1) is 7.19. The summed E-state index contributed by atoms with van der Waals surface area (Å²) in [5.41, 5.74) is 2.18. The number of nitrogens with zero attached hydrogens (tertiary/aromatic N) is 2. The van der Waals surface area contributed by atoms with E-state index in [1.165, 1.54) is 0 Å². The van der Waals surface area contributed by atoms with E-state index in [1.54, 1.807) is 0 Å². The fraction of sp³-hybridized carbons (Fsp3) is 0.778. The number of rotatable bonds is 4. The van der Waals surface area contributed by atoms with Gasteiger partial charge in [0.15, 0.2) is 0 Å². The normalized spacial score (nSPS) is 27.9. The molecule has 1 aliphatic carbocycles. The van der Waals surface area contributed by atoms with Crippen LogP contribution in [0.5, 0.6) is 0 Å². The largest absolute Gasteiger partial charge is 0.350 e. The molecule has 2 aliphatic rings. The summed E-state index contributed by atoms with van der Waals surface area (Å²) in [5, 5.41) is 14.1. The highest BCUT2D eigenvalue weighted by Gasteiger charge is 2.52. The van der Waals surface area contributed by atoms with Crippen molar-refractivity contribution in [2.75, 3.05) is 0 Å². The summed E-state index contributed by atoms with van der Waals surface area (Å²) in [4.78, 5) is 21.5. The van der Waals surface area contributed by atoms with Crippen LogP contribution in [0.4, 0.5) is 0 Å². The molecule has 6 heteroatoms. The van der Waals surface area contributed by atoms with E-state index in [-0.39, 0.29) is 17.4 Å². The number of hydrogen-bond acceptors (Lipinski definition) is 4. The van der Waals surface area contributed by atoms with E-state index in [1.807, 2.05) is 6.07 Å². The van der Waals surface area contributed by atoms with Gasteiger partial charge in [0.05, 0.1) is 11.4 Å². The van der Waals surface area contributed by atoms with E-state index in [4.69, 9.17) is 5.26 Å². The number of carbonyl (C=O) groups is 1. The Labute approximate surface area is 87.0 Å². The second-order valence-electron chi connectivity index (χ2n) is 4.31. The molecular weight excluding hydrogens is 196 g/mol. The highest BCUT2D eigenvalue weighted by Crippen LogP contribution is 2.46. The van der Waals surface area contributed by atoms with Gasteiger partial charge < -0.3 is 5.32 Å². The van der Waals surface area contributed by atoms with E-state index < -0.39 is 6.04 Å². The Morgan fingerprint density at radius 3 is 2.93 bits per heavy atom. The molecule has 0 bridgehead atoms. The average molecular weight is 208 g/mol. The molecule has 6 nitrogen and oxygen atoms in total. The van der Waals surface area contributed by atoms with Gasteiger partial charge in [0.2, 0.25) is 5.91 Å². The maximum Gasteiger partial charge on any atom is 0.223 e. The molecule has 15 heavy (non-hydrogen) atoms. The Hall–Kier alpha value is -1.64. The van der Waals surface area contributed by atoms with Crippen LogP contribution in [-0.2, 0) is 4.79 Å². The maximum absolute atomic E-state index is 11.5. The molecular formula is C9H12N4O2. The van der Waals surface area contributed by atoms with E-state index >= 15 is 0 Å². The Morgan fingerprint density at radius 1 is 1.73 bits per heavy atom. The topological polar surface area (TPSA) is 94.3 Å². The summed E-state index contributed by atoms with van der Waals surface area (Å²) in [7, 11) is 0. The van der Waals surface area contributed by atoms with E-state index in [2.05, 4.69) is 16.0 Å². The van der Waals surface area contributed by atoms with Crippen molar-refractivity contribution >= 4 is 5.91 Å². The van der Waals surface area contributed by atoms with Crippen LogP contribution in [0.2, 0.25) is 0 Å². The summed E-state index contributed by atoms with van der Waals surface area (Å²) < 4.78 is 0. The molecule has 2 fully saturated rings. The molecule has 2 atom stereocenters. The molecule has 0 aromatic heterocycles. The zero-order valence-electron chi connectivity index (χ0n) is 8.19. The van der Waals surface area contributed by atoms with Crippen LogP contribution >= 0.6 is 0 Å². The molecule has 2 rings (SSSR count). The number of hydrogen-bond donors (Lipinski definition) is 2. The number of nitriles is 1. The van der Waals surface area contributed by atoms with Crippen molar-refractivity contribution in [3.05, 3.63) is 4.91 Å². The van der Waals surface area contributed by atoms with Crippen LogP contribution in [0.25, 0.3) is 0 Å². The van der Waals surface area contributed by atoms with E-state index in [0.29, 0.717) is 6.42 Å². The molecule has 80 valence electrons. The number of nitroso groups, excluding NO2 is 1. The molecule has 1 spiro atoms. The molecule has 1 saturated heterocycles. The molecule has 1 aliphatic heterocycles. The van der Waals surface area contributed by atoms with Gasteiger partial charge in [-0.3, -0.25) is 10.2 Å². The van der Waals surface area contributed by atoms with Gasteiger partial charge in [-0.25, -0.2) is 0 Å². The van der Waals surface area contributed by atoms with Gasteiger partial charge in [-0.1, -0.05) is 0 Å². The fourth-order valence-corrected chi connectivity index (χ4v) is 2.13. The third kappa shape index (κ3) is 1.91. The van der Waals surface area contributed by atoms with Crippen molar-refractivity contribution in [2.24, 2.45) is 11.2 Å². The summed E-state index contributed by atoms with van der Waals surface area (Å²) in [6.07, 6.45) is 3.21. The maximum atomic E-state index is 11.5. The predicted molar refractivity (Wildman–Crippen MR) is 51.2 cm³/mol. The number of carbonyl (C=O) groups excluding carboxylic acids is 1. The van der Waals surface area contributed by atoms with Crippen LogP contribution in [0.3, 0.4) is 0 Å². The highest BCUT2D eigenvalue weighted by atomic mass is 16.3. The van der Waals surface area contributed by atoms with Crippen molar-refractivity contribution in [3.8, 4) is 6.07 Å². The minimum absolute atomic E-state index is 0.000416. The first kappa shape index (κ1) is 9.90. The minimum Gasteiger partial charge on any atom is -0.350 e. The lowest BCUT2D eigenvalue weighted by Gasteiger charge is -2.10. The SMILES string of the molecule is N#CC(CC1CC2(CC2)NC1=O)NN=O. The second kappa shape index (κ2) is 3.50. The van der Waals surface area contributed by atoms with Crippen LogP contribution in [0.1, 0.15) is 25.7 Å². The van der Waals surface area contributed by atoms with Crippen LogP contribution < -0.4 is 10.7 Å². The lowest BCUT2D eigenvalue weighted by molar-refractivity contribution is -0.122. The van der Waals surface area contributed by atoms with Crippen molar-refractivity contribution in [2.45, 2.75) is 37.3 Å². The van der Waals surface area contributed by atoms with Gasteiger partial charge in [-0.05, 0) is 25.7 Å². The first-order valence-corrected chi connectivity index (χ1v) is 4.99. The van der Waals surface area contributed by atoms with Crippen molar-refractivity contribution in [3.63, 3.8) is 0 Å². The van der Waals surface area contributed by atoms with Crippen LogP contribution in [0.15, 0.2) is 5.29 Å². The molecule has 1 heterocycles. The Morgan fingerprint density at radius 2 is 2.47 bits per heavy atom. The molecule has 1 saturated carbocycles. The molecule has 0 aromatic rings. The monoisotopic (exact) mass is 208 g/mol. The fourth-order valence-electron chi connectivity index (χ4n) is 2.13. The number of nitrogens with one attached hydrogen (secondary N) is 2. The van der Waals surface area contributed by atoms with Gasteiger partial charge in [-0.2, -0.15) is 5.26 Å². The smallest absolute Gasteiger partial charge is 0.223 e. The Balaban J connectivity index is 1.91. The van der Waals surface area contributed by atoms with Gasteiger partial charge in [0.1, 0.15) is 6.04 Å². The predicted octanol–water partition coefficient (Wildman–Crippen LogP) is 0.208. The standard InChI is InChI=1S/C9H12N4O2/c10-5-7(12-13-15)3-6-4-9(1-2-9)11-8(6)14/h6-7H,1-4H2,(H,11,14)(H,12,15). The molecule has 0 radical (unpaired) electrons. The zero-order valence-corrected chi connectivity index (χ0v) is 8.19. The average Bonchev–Trinajstić information content (AvgIpc) is 2.87. The Kier molecular flexibility index (Phi) is 2.31. The molecule has 1 amide bonds. The number of amides is 1. The van der Waals surface area contributed by atoms with Crippen molar-refractivity contribution in [1.82, 2.24) is 10.7 Å². The highest BCUT2D eigenvalue weighted by molar-refractivity contribution is 5.83. The lowest BCUT2D eigenvalue weighted by Crippen LogP contribution is -2.30. The lowest BCUT2D eigenvalue weighted by atomic mass is 9.96. The first-order valence-electron chi connectivity index (χ1n) is 4.99. The quantitative estimate of drug-likeness (QED) is 0.510. The Bertz CT molecular complexity index is 331. The van der Waals surface area contributed by atoms with Gasteiger partial charge >= 0.3 is 0 Å². The van der Waals surface area contributed by atoms with Gasteiger partial charge in [0, 0.05) is 11.5 Å². The molecule has 0 aromatic carbocycles. The van der Waals surface area contributed by atoms with E-state index in [9.17, 15) is 9.70 Å². The summed E-state index contributed by atoms with van der Waals surface area (Å²) in [5.74, 6) is -0.160. The van der Waals surface area contributed by atoms with Gasteiger partial charge in [0.25, 0.3) is 0 Å². The second-order valence-corrected chi connectivity index (χ2v) is 4.31. The van der Waals surface area contributed by atoms with Crippen molar-refractivity contribution < 1.29 is 4.79 Å². The van der Waals surface area contributed by atoms with Gasteiger partial charge in [-0.15, -0.1) is 4.91 Å². The van der Waals surface area contributed by atoms with Crippen LogP contribution in [-0.4, -0.2) is 17.5 Å². The molecule has 2 unspecified atom stereocenters. The molecule has 2 N–H and O–H groups in total. The zero-order chi connectivity index (χ0) is 10.9. The summed E-state index contributed by atoms with van der Waals surface area (Å²) in [6, 6.07) is 1.25. The summed E-state index contributed by atoms with van der Waals surface area (Å²) in [6.45, 7) is 0. The van der Waals surface area contributed by atoms with Crippen molar-refractivity contribution in [1.29, 1.82) is 5.26 Å². The third-order valence-corrected chi connectivity index (χ3v) is 3.13. The summed E-state index contributed by atoms with van der Waals surface area (Å²) >= 11 is 0. The van der Waals surface area contributed by atoms with E-state index in [0.717, 1.165) is 19.3 Å². The third-order valence-electron chi connectivity index (χ3n) is 3.13.